The maximum atomic E-state index is 10.6. The van der Waals surface area contributed by atoms with Gasteiger partial charge in [0.05, 0.1) is 11.5 Å². The fourth-order valence-corrected chi connectivity index (χ4v) is 1.37. The summed E-state index contributed by atoms with van der Waals surface area (Å²) < 4.78 is 0. The first-order valence-corrected chi connectivity index (χ1v) is 4.75. The first-order chi connectivity index (χ1) is 6.88. The molecule has 0 atom stereocenters. The second kappa shape index (κ2) is 3.98. The van der Waals surface area contributed by atoms with E-state index in [1.165, 1.54) is 6.07 Å². The highest BCUT2D eigenvalue weighted by molar-refractivity contribution is 5.43. The molecule has 0 bridgehead atoms. The summed E-state index contributed by atoms with van der Waals surface area (Å²) in [5.74, 6) is 0. The van der Waals surface area contributed by atoms with Crippen LogP contribution in [0, 0.1) is 17.0 Å². The second-order valence-electron chi connectivity index (χ2n) is 4.30. The van der Waals surface area contributed by atoms with Crippen LogP contribution in [0.2, 0.25) is 0 Å². The van der Waals surface area contributed by atoms with Crippen LogP contribution in [-0.2, 0) is 5.41 Å². The van der Waals surface area contributed by atoms with E-state index in [4.69, 9.17) is 0 Å². The normalized spacial score (nSPS) is 11.5. The fourth-order valence-electron chi connectivity index (χ4n) is 1.37. The lowest BCUT2D eigenvalue weighted by atomic mass is 9.85. The molecule has 0 radical (unpaired) electrons. The highest BCUT2D eigenvalue weighted by Crippen LogP contribution is 2.27. The predicted molar refractivity (Wildman–Crippen MR) is 57.9 cm³/mol. The highest BCUT2D eigenvalue weighted by atomic mass is 16.6. The van der Waals surface area contributed by atoms with E-state index in [9.17, 15) is 15.2 Å². The Hall–Kier alpha value is -1.42. The van der Waals surface area contributed by atoms with E-state index in [1.54, 1.807) is 19.1 Å². The summed E-state index contributed by atoms with van der Waals surface area (Å²) in [5.41, 5.74) is 1.29. The van der Waals surface area contributed by atoms with Crippen molar-refractivity contribution in [2.45, 2.75) is 26.2 Å². The van der Waals surface area contributed by atoms with Gasteiger partial charge in [0.2, 0.25) is 0 Å². The first-order valence-electron chi connectivity index (χ1n) is 4.75. The van der Waals surface area contributed by atoms with Crippen molar-refractivity contribution in [2.24, 2.45) is 0 Å². The van der Waals surface area contributed by atoms with Gasteiger partial charge < -0.3 is 5.11 Å². The standard InChI is InChI=1S/C11H15NO3/c1-8-6-9(11(2,3)7-13)4-5-10(8)12(14)15/h4-6,13H,7H2,1-3H3. The molecule has 0 amide bonds. The van der Waals surface area contributed by atoms with Gasteiger partial charge in [0.1, 0.15) is 0 Å². The van der Waals surface area contributed by atoms with Crippen molar-refractivity contribution in [3.8, 4) is 0 Å². The van der Waals surface area contributed by atoms with Crippen molar-refractivity contribution < 1.29 is 10.0 Å². The van der Waals surface area contributed by atoms with E-state index in [2.05, 4.69) is 0 Å². The summed E-state index contributed by atoms with van der Waals surface area (Å²) in [6.07, 6.45) is 0. The fraction of sp³-hybridized carbons (Fsp3) is 0.455. The van der Waals surface area contributed by atoms with Crippen molar-refractivity contribution >= 4 is 5.69 Å². The van der Waals surface area contributed by atoms with Gasteiger partial charge in [-0.05, 0) is 18.6 Å². The molecule has 0 saturated heterocycles. The molecule has 1 N–H and O–H groups in total. The Balaban J connectivity index is 3.18. The molecule has 1 aromatic carbocycles. The van der Waals surface area contributed by atoms with Gasteiger partial charge in [-0.3, -0.25) is 10.1 Å². The van der Waals surface area contributed by atoms with Crippen LogP contribution in [0.15, 0.2) is 18.2 Å². The minimum absolute atomic E-state index is 0.0181. The van der Waals surface area contributed by atoms with Gasteiger partial charge in [0.25, 0.3) is 5.69 Å². The Morgan fingerprint density at radius 3 is 2.47 bits per heavy atom. The lowest BCUT2D eigenvalue weighted by Crippen LogP contribution is -2.22. The van der Waals surface area contributed by atoms with Crippen LogP contribution in [-0.4, -0.2) is 16.6 Å². The zero-order valence-electron chi connectivity index (χ0n) is 9.15. The monoisotopic (exact) mass is 209 g/mol. The Morgan fingerprint density at radius 2 is 2.07 bits per heavy atom. The molecule has 0 aliphatic heterocycles. The van der Waals surface area contributed by atoms with Gasteiger partial charge in [-0.1, -0.05) is 19.9 Å². The number of nitro benzene ring substituents is 1. The molecule has 4 heteroatoms. The zero-order chi connectivity index (χ0) is 11.6. The van der Waals surface area contributed by atoms with Crippen LogP contribution in [0.1, 0.15) is 25.0 Å². The van der Waals surface area contributed by atoms with Crippen molar-refractivity contribution in [1.29, 1.82) is 0 Å². The summed E-state index contributed by atoms with van der Waals surface area (Å²) in [5, 5.41) is 19.8. The van der Waals surface area contributed by atoms with Crippen molar-refractivity contribution in [1.82, 2.24) is 0 Å². The van der Waals surface area contributed by atoms with Crippen LogP contribution in [0.5, 0.6) is 0 Å². The third kappa shape index (κ3) is 2.33. The molecule has 0 aromatic heterocycles. The molecule has 1 aromatic rings. The topological polar surface area (TPSA) is 63.4 Å². The van der Waals surface area contributed by atoms with Crippen LogP contribution in [0.25, 0.3) is 0 Å². The Bertz CT molecular complexity index is 385. The first kappa shape index (κ1) is 11.7. The van der Waals surface area contributed by atoms with E-state index in [0.29, 0.717) is 5.56 Å². The number of aliphatic hydroxyl groups excluding tert-OH is 1. The Kier molecular flexibility index (Phi) is 3.09. The molecule has 0 spiro atoms. The van der Waals surface area contributed by atoms with Crippen molar-refractivity contribution in [3.05, 3.63) is 39.4 Å². The molecule has 0 saturated carbocycles. The zero-order valence-corrected chi connectivity index (χ0v) is 9.15. The number of benzene rings is 1. The highest BCUT2D eigenvalue weighted by Gasteiger charge is 2.21. The van der Waals surface area contributed by atoms with Gasteiger partial charge in [-0.25, -0.2) is 0 Å². The number of hydrogen-bond donors (Lipinski definition) is 1. The molecular weight excluding hydrogens is 194 g/mol. The lowest BCUT2D eigenvalue weighted by Gasteiger charge is -2.22. The summed E-state index contributed by atoms with van der Waals surface area (Å²) in [6.45, 7) is 5.51. The quantitative estimate of drug-likeness (QED) is 0.613. The second-order valence-corrected chi connectivity index (χ2v) is 4.30. The minimum atomic E-state index is -0.398. The van der Waals surface area contributed by atoms with Gasteiger partial charge in [-0.2, -0.15) is 0 Å². The SMILES string of the molecule is Cc1cc(C(C)(C)CO)ccc1[N+](=O)[O-]. The number of hydrogen-bond acceptors (Lipinski definition) is 3. The molecule has 0 aliphatic carbocycles. The molecule has 0 fully saturated rings. The van der Waals surface area contributed by atoms with Crippen LogP contribution < -0.4 is 0 Å². The molecule has 0 heterocycles. The van der Waals surface area contributed by atoms with Crippen molar-refractivity contribution in [2.75, 3.05) is 6.61 Å². The average Bonchev–Trinajstić information content (AvgIpc) is 2.17. The number of rotatable bonds is 3. The molecule has 15 heavy (non-hydrogen) atoms. The van der Waals surface area contributed by atoms with Gasteiger partial charge in [0.15, 0.2) is 0 Å². The van der Waals surface area contributed by atoms with Crippen molar-refractivity contribution in [3.63, 3.8) is 0 Å². The van der Waals surface area contributed by atoms with Crippen LogP contribution >= 0.6 is 0 Å². The minimum Gasteiger partial charge on any atom is -0.395 e. The smallest absolute Gasteiger partial charge is 0.272 e. The van der Waals surface area contributed by atoms with E-state index >= 15 is 0 Å². The maximum Gasteiger partial charge on any atom is 0.272 e. The van der Waals surface area contributed by atoms with E-state index < -0.39 is 4.92 Å². The molecule has 1 rings (SSSR count). The summed E-state index contributed by atoms with van der Waals surface area (Å²) in [7, 11) is 0. The maximum absolute atomic E-state index is 10.6. The molecule has 0 aliphatic rings. The average molecular weight is 209 g/mol. The largest absolute Gasteiger partial charge is 0.395 e. The van der Waals surface area contributed by atoms with Gasteiger partial charge in [0, 0.05) is 17.0 Å². The van der Waals surface area contributed by atoms with Gasteiger partial charge >= 0.3 is 0 Å². The molecular formula is C11H15NO3. The predicted octanol–water partition coefficient (Wildman–Crippen LogP) is 2.17. The van der Waals surface area contributed by atoms with E-state index in [-0.39, 0.29) is 17.7 Å². The van der Waals surface area contributed by atoms with Crippen LogP contribution in [0.3, 0.4) is 0 Å². The molecule has 82 valence electrons. The van der Waals surface area contributed by atoms with E-state index in [1.807, 2.05) is 13.8 Å². The molecule has 0 unspecified atom stereocenters. The number of aliphatic hydroxyl groups is 1. The number of nitrogens with zero attached hydrogens (tertiary/aromatic N) is 1. The third-order valence-corrected chi connectivity index (χ3v) is 2.57. The lowest BCUT2D eigenvalue weighted by molar-refractivity contribution is -0.385. The van der Waals surface area contributed by atoms with E-state index in [0.717, 1.165) is 5.56 Å². The summed E-state index contributed by atoms with van der Waals surface area (Å²) in [6, 6.07) is 4.94. The third-order valence-electron chi connectivity index (χ3n) is 2.57. The van der Waals surface area contributed by atoms with Crippen LogP contribution in [0.4, 0.5) is 5.69 Å². The number of aryl methyl sites for hydroxylation is 1. The number of nitro groups is 1. The summed E-state index contributed by atoms with van der Waals surface area (Å²) >= 11 is 0. The Labute approximate surface area is 88.7 Å². The van der Waals surface area contributed by atoms with Gasteiger partial charge in [-0.15, -0.1) is 0 Å². The summed E-state index contributed by atoms with van der Waals surface area (Å²) in [4.78, 5) is 10.2. The molecule has 4 nitrogen and oxygen atoms in total. The Morgan fingerprint density at radius 1 is 1.47 bits per heavy atom.